The van der Waals surface area contributed by atoms with Crippen molar-refractivity contribution in [3.05, 3.63) is 23.3 Å². The molecule has 1 amide bonds. The molecule has 7 N–H and O–H groups in total. The minimum Gasteiger partial charge on any atom is -0.507 e. The van der Waals surface area contributed by atoms with Crippen LogP contribution in [-0.4, -0.2) is 120 Å². The lowest BCUT2D eigenvalue weighted by molar-refractivity contribution is -0.147. The molecule has 0 aliphatic carbocycles. The molecule has 0 bridgehead atoms. The maximum Gasteiger partial charge on any atom is 0.317 e. The number of phenolic OH excluding ortho intramolecular Hbond substituents is 1. The highest BCUT2D eigenvalue weighted by Crippen LogP contribution is 2.30. The van der Waals surface area contributed by atoms with Gasteiger partial charge < -0.3 is 36.0 Å². The standard InChI is InChI=1S/C22H30N4O12/c1-12(27)23-16-3-14(5-24(7-17(28)29)8-18(30)31)22(38)15(4-16)6-25(9-19(32)33)13(2)26(10-20(34)35)11-21(36)37/h3-4,13,38H,5-11H2,1-2H3,(H,23,27)(H,28,29)(H,30,31)(H,32,33)(H,34,35)(H,36,37). The average molecular weight is 542 g/mol. The van der Waals surface area contributed by atoms with Crippen molar-refractivity contribution in [3.63, 3.8) is 0 Å². The summed E-state index contributed by atoms with van der Waals surface area (Å²) in [6.07, 6.45) is -1.07. The van der Waals surface area contributed by atoms with Gasteiger partial charge >= 0.3 is 29.8 Å². The predicted octanol–water partition coefficient (Wildman–Crippen LogP) is -0.974. The molecule has 1 aromatic carbocycles. The molecule has 0 fully saturated rings. The van der Waals surface area contributed by atoms with Crippen molar-refractivity contribution in [2.45, 2.75) is 33.1 Å². The first-order valence-corrected chi connectivity index (χ1v) is 11.0. The number of aromatic hydroxyl groups is 1. The Balaban J connectivity index is 3.53. The number of carbonyl (C=O) groups is 6. The van der Waals surface area contributed by atoms with Crippen LogP contribution in [0.3, 0.4) is 0 Å². The quantitative estimate of drug-likeness (QED) is 0.0924. The minimum atomic E-state index is -1.36. The molecule has 38 heavy (non-hydrogen) atoms. The monoisotopic (exact) mass is 542 g/mol. The second kappa shape index (κ2) is 14.5. The van der Waals surface area contributed by atoms with Gasteiger partial charge in [0.2, 0.25) is 5.91 Å². The van der Waals surface area contributed by atoms with Crippen molar-refractivity contribution in [3.8, 4) is 5.75 Å². The number of nitrogens with zero attached hydrogens (tertiary/aromatic N) is 3. The van der Waals surface area contributed by atoms with Crippen molar-refractivity contribution < 1.29 is 59.4 Å². The topological polar surface area (TPSA) is 246 Å². The number of amides is 1. The van der Waals surface area contributed by atoms with Gasteiger partial charge in [0.1, 0.15) is 5.75 Å². The van der Waals surface area contributed by atoms with Crippen molar-refractivity contribution in [1.29, 1.82) is 0 Å². The number of anilines is 1. The highest BCUT2D eigenvalue weighted by atomic mass is 16.4. The Morgan fingerprint density at radius 2 is 1.11 bits per heavy atom. The first-order chi connectivity index (χ1) is 17.6. The zero-order valence-electron chi connectivity index (χ0n) is 20.7. The van der Waals surface area contributed by atoms with E-state index < -0.39 is 80.4 Å². The van der Waals surface area contributed by atoms with E-state index in [1.807, 2.05) is 0 Å². The summed E-state index contributed by atoms with van der Waals surface area (Å²) in [5, 5.41) is 59.4. The third-order valence-corrected chi connectivity index (χ3v) is 5.15. The third-order valence-electron chi connectivity index (χ3n) is 5.15. The van der Waals surface area contributed by atoms with Gasteiger partial charge in [0.25, 0.3) is 0 Å². The number of carbonyl (C=O) groups excluding carboxylic acids is 1. The van der Waals surface area contributed by atoms with E-state index in [9.17, 15) is 49.2 Å². The van der Waals surface area contributed by atoms with Crippen LogP contribution in [0, 0.1) is 0 Å². The molecule has 0 aliphatic heterocycles. The summed E-state index contributed by atoms with van der Waals surface area (Å²) in [6, 6.07) is 2.60. The number of carboxylic acid groups (broad SMARTS) is 5. The first kappa shape index (κ1) is 31.7. The minimum absolute atomic E-state index is 0.0182. The smallest absolute Gasteiger partial charge is 0.317 e. The van der Waals surface area contributed by atoms with Crippen LogP contribution < -0.4 is 5.32 Å². The van der Waals surface area contributed by atoms with Crippen LogP contribution >= 0.6 is 0 Å². The highest BCUT2D eigenvalue weighted by Gasteiger charge is 2.28. The summed E-state index contributed by atoms with van der Waals surface area (Å²) < 4.78 is 0. The molecular weight excluding hydrogens is 512 g/mol. The van der Waals surface area contributed by atoms with Crippen molar-refractivity contribution >= 4 is 41.4 Å². The van der Waals surface area contributed by atoms with Gasteiger partial charge in [-0.2, -0.15) is 0 Å². The van der Waals surface area contributed by atoms with Gasteiger partial charge in [-0.1, -0.05) is 0 Å². The fourth-order valence-corrected chi connectivity index (χ4v) is 3.68. The van der Waals surface area contributed by atoms with Gasteiger partial charge in [0.15, 0.2) is 0 Å². The van der Waals surface area contributed by atoms with Crippen LogP contribution in [-0.2, 0) is 41.9 Å². The maximum atomic E-state index is 11.7. The van der Waals surface area contributed by atoms with Crippen LogP contribution in [0.25, 0.3) is 0 Å². The number of hydrogen-bond acceptors (Lipinski definition) is 10. The number of nitrogens with one attached hydrogen (secondary N) is 1. The second-order valence-corrected chi connectivity index (χ2v) is 8.38. The average Bonchev–Trinajstić information content (AvgIpc) is 2.73. The fourth-order valence-electron chi connectivity index (χ4n) is 3.68. The van der Waals surface area contributed by atoms with E-state index >= 15 is 0 Å². The number of benzene rings is 1. The molecule has 0 saturated heterocycles. The van der Waals surface area contributed by atoms with Crippen LogP contribution in [0.5, 0.6) is 5.75 Å². The fraction of sp³-hybridized carbons (Fsp3) is 0.455. The van der Waals surface area contributed by atoms with Crippen LogP contribution in [0.4, 0.5) is 5.69 Å². The Morgan fingerprint density at radius 3 is 1.50 bits per heavy atom. The summed E-state index contributed by atoms with van der Waals surface area (Å²) in [6.45, 7) is -1.69. The molecule has 0 aliphatic rings. The second-order valence-electron chi connectivity index (χ2n) is 8.38. The van der Waals surface area contributed by atoms with E-state index in [0.29, 0.717) is 0 Å². The lowest BCUT2D eigenvalue weighted by Crippen LogP contribution is -2.51. The SMILES string of the molecule is CC(=O)Nc1cc(CN(CC(=O)O)CC(=O)O)c(O)c(CN(CC(=O)O)C(C)N(CC(=O)O)CC(=O)O)c1. The molecule has 210 valence electrons. The molecule has 0 heterocycles. The van der Waals surface area contributed by atoms with Crippen LogP contribution in [0.2, 0.25) is 0 Å². The van der Waals surface area contributed by atoms with Gasteiger partial charge in [-0.25, -0.2) is 0 Å². The lowest BCUT2D eigenvalue weighted by atomic mass is 10.0. The summed E-state index contributed by atoms with van der Waals surface area (Å²) in [5.74, 6) is -7.68. The largest absolute Gasteiger partial charge is 0.507 e. The molecule has 0 radical (unpaired) electrons. The molecule has 0 saturated carbocycles. The Bertz CT molecular complexity index is 1040. The number of hydrogen-bond donors (Lipinski definition) is 7. The van der Waals surface area contributed by atoms with Gasteiger partial charge in [-0.3, -0.25) is 43.5 Å². The van der Waals surface area contributed by atoms with Crippen LogP contribution in [0.15, 0.2) is 12.1 Å². The molecule has 1 aromatic rings. The Kier molecular flexibility index (Phi) is 12.1. The number of carboxylic acids is 5. The number of aliphatic carboxylic acids is 5. The lowest BCUT2D eigenvalue weighted by Gasteiger charge is -2.35. The van der Waals surface area contributed by atoms with E-state index in [0.717, 1.165) is 9.80 Å². The molecule has 0 spiro atoms. The van der Waals surface area contributed by atoms with Crippen molar-refractivity contribution in [2.24, 2.45) is 0 Å². The summed E-state index contributed by atoms with van der Waals surface area (Å²) >= 11 is 0. The van der Waals surface area contributed by atoms with Crippen LogP contribution in [0.1, 0.15) is 25.0 Å². The normalized spacial score (nSPS) is 11.9. The summed E-state index contributed by atoms with van der Waals surface area (Å²) in [5.41, 5.74) is 0.168. The number of rotatable bonds is 17. The highest BCUT2D eigenvalue weighted by molar-refractivity contribution is 5.89. The maximum absolute atomic E-state index is 11.7. The summed E-state index contributed by atoms with van der Waals surface area (Å²) in [7, 11) is 0. The van der Waals surface area contributed by atoms with E-state index in [2.05, 4.69) is 5.32 Å². The Labute approximate surface area is 216 Å². The Hall–Kier alpha value is -4.28. The van der Waals surface area contributed by atoms with E-state index in [4.69, 9.17) is 10.2 Å². The molecule has 1 rings (SSSR count). The molecule has 16 nitrogen and oxygen atoms in total. The Morgan fingerprint density at radius 1 is 0.711 bits per heavy atom. The zero-order valence-corrected chi connectivity index (χ0v) is 20.7. The van der Waals surface area contributed by atoms with Crippen molar-refractivity contribution in [1.82, 2.24) is 14.7 Å². The molecule has 0 aromatic heterocycles. The first-order valence-electron chi connectivity index (χ1n) is 11.0. The van der Waals surface area contributed by atoms with E-state index in [-0.39, 0.29) is 29.9 Å². The zero-order chi connectivity index (χ0) is 29.2. The molecule has 1 atom stereocenters. The molecule has 1 unspecified atom stereocenters. The van der Waals surface area contributed by atoms with E-state index in [1.165, 1.54) is 30.9 Å². The van der Waals surface area contributed by atoms with E-state index in [1.54, 1.807) is 0 Å². The predicted molar refractivity (Wildman–Crippen MR) is 127 cm³/mol. The van der Waals surface area contributed by atoms with Gasteiger partial charge in [-0.05, 0) is 19.1 Å². The third kappa shape index (κ3) is 11.2. The number of phenols is 1. The molecule has 16 heteroatoms. The van der Waals surface area contributed by atoms with Gasteiger partial charge in [0.05, 0.1) is 38.9 Å². The summed E-state index contributed by atoms with van der Waals surface area (Å²) in [4.78, 5) is 71.3. The molecular formula is C22H30N4O12. The van der Waals surface area contributed by atoms with Crippen molar-refractivity contribution in [2.75, 3.05) is 38.0 Å². The van der Waals surface area contributed by atoms with Gasteiger partial charge in [-0.15, -0.1) is 0 Å². The van der Waals surface area contributed by atoms with Gasteiger partial charge in [0, 0.05) is 36.8 Å².